The number of nitrogens with zero attached hydrogens (tertiary/aromatic N) is 2. The fourth-order valence-corrected chi connectivity index (χ4v) is 2.94. The molecule has 0 aliphatic carbocycles. The molecule has 0 atom stereocenters. The van der Waals surface area contributed by atoms with E-state index in [1.165, 1.54) is 42.2 Å². The van der Waals surface area contributed by atoms with E-state index in [0.29, 0.717) is 16.5 Å². The fraction of sp³-hybridized carbons (Fsp3) is 0.111. The lowest BCUT2D eigenvalue weighted by Gasteiger charge is -2.12. The van der Waals surface area contributed by atoms with E-state index in [1.54, 1.807) is 29.7 Å². The van der Waals surface area contributed by atoms with Crippen LogP contribution in [0.15, 0.2) is 53.8 Å². The van der Waals surface area contributed by atoms with Gasteiger partial charge in [-0.05, 0) is 55.1 Å². The van der Waals surface area contributed by atoms with Crippen LogP contribution in [0.1, 0.15) is 16.1 Å². The van der Waals surface area contributed by atoms with Crippen LogP contribution in [0.5, 0.6) is 0 Å². The molecule has 0 spiro atoms. The highest BCUT2D eigenvalue weighted by atomic mass is 32.2. The van der Waals surface area contributed by atoms with Crippen molar-refractivity contribution in [2.45, 2.75) is 12.1 Å². The van der Waals surface area contributed by atoms with E-state index in [0.717, 1.165) is 5.56 Å². The molecule has 7 heteroatoms. The van der Waals surface area contributed by atoms with Gasteiger partial charge in [0.1, 0.15) is 17.3 Å². The van der Waals surface area contributed by atoms with Gasteiger partial charge in [0.05, 0.1) is 6.20 Å². The molecule has 0 bridgehead atoms. The molecule has 25 heavy (non-hydrogen) atoms. The Morgan fingerprint density at radius 2 is 1.80 bits per heavy atom. The van der Waals surface area contributed by atoms with Gasteiger partial charge in [0.25, 0.3) is 5.91 Å². The number of carbonyl (C=O) groups excluding carboxylic acids is 1. The van der Waals surface area contributed by atoms with Gasteiger partial charge in [-0.2, -0.15) is 0 Å². The summed E-state index contributed by atoms with van der Waals surface area (Å²) in [6.45, 7) is 1.78. The minimum atomic E-state index is -0.433. The van der Waals surface area contributed by atoms with Crippen LogP contribution in [0, 0.1) is 18.6 Å². The van der Waals surface area contributed by atoms with Crippen molar-refractivity contribution in [2.24, 2.45) is 0 Å². The summed E-state index contributed by atoms with van der Waals surface area (Å²) in [4.78, 5) is 16.9. The van der Waals surface area contributed by atoms with E-state index < -0.39 is 11.7 Å². The number of imidazole rings is 1. The molecule has 2 aromatic carbocycles. The highest BCUT2D eigenvalue weighted by molar-refractivity contribution is 7.98. The van der Waals surface area contributed by atoms with Gasteiger partial charge in [-0.25, -0.2) is 13.8 Å². The predicted octanol–water partition coefficient (Wildman–Crippen LogP) is 4.43. The fourth-order valence-electron chi connectivity index (χ4n) is 2.39. The smallest absolute Gasteiger partial charge is 0.274 e. The zero-order chi connectivity index (χ0) is 18.0. The first-order valence-corrected chi connectivity index (χ1v) is 8.67. The van der Waals surface area contributed by atoms with Crippen molar-refractivity contribution < 1.29 is 13.6 Å². The number of hydrogen-bond donors (Lipinski definition) is 1. The zero-order valence-corrected chi connectivity index (χ0v) is 14.4. The first-order valence-electron chi connectivity index (χ1n) is 7.45. The molecule has 1 aromatic heterocycles. The first-order chi connectivity index (χ1) is 12.0. The van der Waals surface area contributed by atoms with E-state index in [-0.39, 0.29) is 11.5 Å². The number of hydrogen-bond acceptors (Lipinski definition) is 3. The molecule has 0 saturated heterocycles. The van der Waals surface area contributed by atoms with Crippen molar-refractivity contribution in [1.29, 1.82) is 0 Å². The van der Waals surface area contributed by atoms with E-state index in [2.05, 4.69) is 10.3 Å². The summed E-state index contributed by atoms with van der Waals surface area (Å²) in [6, 6.07) is 9.97. The Balaban J connectivity index is 1.99. The quantitative estimate of drug-likeness (QED) is 0.701. The molecule has 0 radical (unpaired) electrons. The average Bonchev–Trinajstić information content (AvgIpc) is 3.03. The number of carbonyl (C=O) groups is 1. The zero-order valence-electron chi connectivity index (χ0n) is 13.6. The summed E-state index contributed by atoms with van der Waals surface area (Å²) in [5.41, 5.74) is 2.03. The number of rotatable bonds is 4. The molecule has 1 heterocycles. The number of aromatic nitrogens is 2. The summed E-state index contributed by atoms with van der Waals surface area (Å²) < 4.78 is 28.3. The number of halogens is 2. The van der Waals surface area contributed by atoms with Crippen LogP contribution in [-0.2, 0) is 0 Å². The van der Waals surface area contributed by atoms with Crippen LogP contribution < -0.4 is 5.32 Å². The van der Waals surface area contributed by atoms with Crippen LogP contribution in [0.4, 0.5) is 14.5 Å². The van der Waals surface area contributed by atoms with E-state index in [9.17, 15) is 13.6 Å². The second-order valence-corrected chi connectivity index (χ2v) is 6.13. The maximum absolute atomic E-state index is 13.4. The highest BCUT2D eigenvalue weighted by Gasteiger charge is 2.18. The Morgan fingerprint density at radius 1 is 1.12 bits per heavy atom. The van der Waals surface area contributed by atoms with Gasteiger partial charge in [0.15, 0.2) is 5.16 Å². The van der Waals surface area contributed by atoms with Crippen LogP contribution in [0.3, 0.4) is 0 Å². The normalized spacial score (nSPS) is 10.7. The van der Waals surface area contributed by atoms with E-state index in [1.807, 2.05) is 6.26 Å². The molecule has 128 valence electrons. The summed E-state index contributed by atoms with van der Waals surface area (Å²) in [5.74, 6) is -1.22. The maximum Gasteiger partial charge on any atom is 0.274 e. The van der Waals surface area contributed by atoms with Gasteiger partial charge in [-0.15, -0.1) is 0 Å². The number of amides is 1. The average molecular weight is 359 g/mol. The Hall–Kier alpha value is -2.67. The Kier molecular flexibility index (Phi) is 4.85. The molecule has 3 rings (SSSR count). The lowest BCUT2D eigenvalue weighted by molar-refractivity contribution is 0.102. The summed E-state index contributed by atoms with van der Waals surface area (Å²) >= 11 is 1.36. The molecule has 0 aliphatic heterocycles. The van der Waals surface area contributed by atoms with Crippen LogP contribution >= 0.6 is 11.8 Å². The summed E-state index contributed by atoms with van der Waals surface area (Å²) in [6.07, 6.45) is 3.28. The maximum atomic E-state index is 13.4. The number of thioether (sulfide) groups is 1. The minimum absolute atomic E-state index is 0.277. The van der Waals surface area contributed by atoms with Crippen LogP contribution in [0.2, 0.25) is 0 Å². The third kappa shape index (κ3) is 3.56. The van der Waals surface area contributed by atoms with Crippen molar-refractivity contribution in [3.63, 3.8) is 0 Å². The lowest BCUT2D eigenvalue weighted by atomic mass is 10.2. The van der Waals surface area contributed by atoms with Gasteiger partial charge < -0.3 is 5.32 Å². The monoisotopic (exact) mass is 359 g/mol. The minimum Gasteiger partial charge on any atom is -0.320 e. The molecule has 4 nitrogen and oxygen atoms in total. The van der Waals surface area contributed by atoms with Crippen LogP contribution in [-0.4, -0.2) is 21.7 Å². The lowest BCUT2D eigenvalue weighted by Crippen LogP contribution is -2.17. The highest BCUT2D eigenvalue weighted by Crippen LogP contribution is 2.23. The van der Waals surface area contributed by atoms with Gasteiger partial charge in [0, 0.05) is 11.4 Å². The molecular weight excluding hydrogens is 344 g/mol. The molecule has 0 fully saturated rings. The standard InChI is InChI=1S/C18H15F2N3OS/c1-11-3-4-13(20)9-15(11)22-17(24)16-10-21-18(25-2)23(16)14-7-5-12(19)6-8-14/h3-10H,1-2H3,(H,22,24). The van der Waals surface area contributed by atoms with Gasteiger partial charge in [-0.1, -0.05) is 17.8 Å². The van der Waals surface area contributed by atoms with Crippen LogP contribution in [0.25, 0.3) is 5.69 Å². The van der Waals surface area contributed by atoms with Crippen molar-refractivity contribution in [3.05, 3.63) is 71.6 Å². The van der Waals surface area contributed by atoms with E-state index in [4.69, 9.17) is 0 Å². The van der Waals surface area contributed by atoms with Gasteiger partial charge in [-0.3, -0.25) is 9.36 Å². The second kappa shape index (κ2) is 7.06. The second-order valence-electron chi connectivity index (χ2n) is 5.36. The van der Waals surface area contributed by atoms with Crippen molar-refractivity contribution in [2.75, 3.05) is 11.6 Å². The van der Waals surface area contributed by atoms with Gasteiger partial charge in [0.2, 0.25) is 0 Å². The SMILES string of the molecule is CSc1ncc(C(=O)Nc2cc(F)ccc2C)n1-c1ccc(F)cc1. The Morgan fingerprint density at radius 3 is 2.48 bits per heavy atom. The number of nitrogens with one attached hydrogen (secondary N) is 1. The topological polar surface area (TPSA) is 46.9 Å². The van der Waals surface area contributed by atoms with Gasteiger partial charge >= 0.3 is 0 Å². The van der Waals surface area contributed by atoms with Crippen molar-refractivity contribution >= 4 is 23.4 Å². The van der Waals surface area contributed by atoms with Crippen molar-refractivity contribution in [3.8, 4) is 5.69 Å². The third-order valence-electron chi connectivity index (χ3n) is 3.68. The molecule has 0 aliphatic rings. The van der Waals surface area contributed by atoms with E-state index >= 15 is 0 Å². The number of benzene rings is 2. The Bertz CT molecular complexity index is 923. The first kappa shape index (κ1) is 17.2. The molecule has 0 saturated carbocycles. The molecule has 1 N–H and O–H groups in total. The molecular formula is C18H15F2N3OS. The van der Waals surface area contributed by atoms with Crippen molar-refractivity contribution in [1.82, 2.24) is 9.55 Å². The summed E-state index contributed by atoms with van der Waals surface area (Å²) in [5, 5.41) is 3.29. The molecule has 3 aromatic rings. The third-order valence-corrected chi connectivity index (χ3v) is 4.33. The number of aryl methyl sites for hydroxylation is 1. The predicted molar refractivity (Wildman–Crippen MR) is 94.4 cm³/mol. The largest absolute Gasteiger partial charge is 0.320 e. The molecule has 1 amide bonds. The molecule has 0 unspecified atom stereocenters. The summed E-state index contributed by atoms with van der Waals surface area (Å²) in [7, 11) is 0. The Labute approximate surface area is 147 Å². The number of anilines is 1.